The standard InChI is InChI=1S/C25H25NO6S/c1-4-12-32-22-16(6-5-7-18(22)31-3)17-13-19(27)26-21-20(24(25(28)29)33-23(17)21)14-8-10-15(30-2)11-9-14/h5-11,17H,4,12-13H2,1-3H3,(H,26,27)(H,28,29)/t17-/m1/s1. The van der Waals surface area contributed by atoms with E-state index in [9.17, 15) is 14.7 Å². The Morgan fingerprint density at radius 3 is 2.55 bits per heavy atom. The minimum atomic E-state index is -1.04. The van der Waals surface area contributed by atoms with E-state index in [0.29, 0.717) is 40.7 Å². The Bertz CT molecular complexity index is 1180. The van der Waals surface area contributed by atoms with E-state index in [0.717, 1.165) is 16.9 Å². The minimum absolute atomic E-state index is 0.177. The molecule has 0 spiro atoms. The summed E-state index contributed by atoms with van der Waals surface area (Å²) in [6.45, 7) is 2.52. The number of nitrogens with one attached hydrogen (secondary N) is 1. The van der Waals surface area contributed by atoms with Gasteiger partial charge in [-0.2, -0.15) is 0 Å². The zero-order valence-corrected chi connectivity index (χ0v) is 19.5. The lowest BCUT2D eigenvalue weighted by Crippen LogP contribution is -2.23. The van der Waals surface area contributed by atoms with Crippen molar-refractivity contribution in [3.05, 3.63) is 57.8 Å². The second-order valence-corrected chi connectivity index (χ2v) is 8.66. The number of amides is 1. The molecule has 2 aromatic carbocycles. The number of aromatic carboxylic acids is 1. The van der Waals surface area contributed by atoms with Crippen molar-refractivity contribution in [3.63, 3.8) is 0 Å². The van der Waals surface area contributed by atoms with E-state index in [1.54, 1.807) is 38.5 Å². The van der Waals surface area contributed by atoms with Crippen LogP contribution in [0.1, 0.15) is 45.8 Å². The molecule has 0 saturated heterocycles. The van der Waals surface area contributed by atoms with Crippen LogP contribution in [-0.4, -0.2) is 37.8 Å². The molecule has 1 atom stereocenters. The summed E-state index contributed by atoms with van der Waals surface area (Å²) in [6.07, 6.45) is 1.00. The van der Waals surface area contributed by atoms with Gasteiger partial charge in [-0.25, -0.2) is 4.79 Å². The zero-order chi connectivity index (χ0) is 23.5. The Labute approximate surface area is 195 Å². The molecule has 1 aromatic heterocycles. The van der Waals surface area contributed by atoms with Gasteiger partial charge in [-0.15, -0.1) is 11.3 Å². The molecule has 0 fully saturated rings. The third-order valence-corrected chi connectivity index (χ3v) is 6.83. The number of methoxy groups -OCH3 is 2. The molecule has 0 aliphatic carbocycles. The number of hydrogen-bond donors (Lipinski definition) is 2. The summed E-state index contributed by atoms with van der Waals surface area (Å²) in [5.41, 5.74) is 2.54. The quantitative estimate of drug-likeness (QED) is 0.461. The van der Waals surface area contributed by atoms with Crippen molar-refractivity contribution in [2.75, 3.05) is 26.1 Å². The summed E-state index contributed by atoms with van der Waals surface area (Å²) in [4.78, 5) is 26.0. The molecule has 1 aliphatic heterocycles. The highest BCUT2D eigenvalue weighted by Crippen LogP contribution is 2.52. The van der Waals surface area contributed by atoms with Crippen molar-refractivity contribution >= 4 is 28.9 Å². The molecule has 2 N–H and O–H groups in total. The molecule has 0 unspecified atom stereocenters. The molecule has 2 heterocycles. The third kappa shape index (κ3) is 4.26. The van der Waals surface area contributed by atoms with E-state index >= 15 is 0 Å². The first-order valence-corrected chi connectivity index (χ1v) is 11.4. The highest BCUT2D eigenvalue weighted by molar-refractivity contribution is 7.15. The molecular weight excluding hydrogens is 442 g/mol. The van der Waals surface area contributed by atoms with Gasteiger partial charge in [0.05, 0.1) is 26.5 Å². The van der Waals surface area contributed by atoms with E-state index in [1.807, 2.05) is 25.1 Å². The van der Waals surface area contributed by atoms with Gasteiger partial charge in [-0.1, -0.05) is 31.2 Å². The predicted molar refractivity (Wildman–Crippen MR) is 127 cm³/mol. The molecule has 3 aromatic rings. The van der Waals surface area contributed by atoms with Crippen molar-refractivity contribution in [3.8, 4) is 28.4 Å². The van der Waals surface area contributed by atoms with Crippen LogP contribution in [0.25, 0.3) is 11.1 Å². The molecule has 8 heteroatoms. The van der Waals surface area contributed by atoms with Gasteiger partial charge in [0.15, 0.2) is 11.5 Å². The number of thiophene rings is 1. The Morgan fingerprint density at radius 1 is 1.15 bits per heavy atom. The van der Waals surface area contributed by atoms with Crippen molar-refractivity contribution in [2.24, 2.45) is 0 Å². The van der Waals surface area contributed by atoms with Crippen LogP contribution in [0.5, 0.6) is 17.2 Å². The number of benzene rings is 2. The average Bonchev–Trinajstić information content (AvgIpc) is 3.21. The number of ether oxygens (including phenoxy) is 3. The van der Waals surface area contributed by atoms with Crippen molar-refractivity contribution < 1.29 is 28.9 Å². The summed E-state index contributed by atoms with van der Waals surface area (Å²) < 4.78 is 16.8. The maximum Gasteiger partial charge on any atom is 0.346 e. The number of para-hydroxylation sites is 1. The van der Waals surface area contributed by atoms with Crippen LogP contribution < -0.4 is 19.5 Å². The Hall–Kier alpha value is -3.52. The molecule has 33 heavy (non-hydrogen) atoms. The number of carboxylic acids is 1. The van der Waals surface area contributed by atoms with Gasteiger partial charge in [0, 0.05) is 28.3 Å². The number of rotatable bonds is 8. The first kappa shape index (κ1) is 22.7. The van der Waals surface area contributed by atoms with Crippen LogP contribution in [-0.2, 0) is 4.79 Å². The van der Waals surface area contributed by atoms with Crippen molar-refractivity contribution in [1.29, 1.82) is 0 Å². The van der Waals surface area contributed by atoms with Gasteiger partial charge in [0.25, 0.3) is 0 Å². The lowest BCUT2D eigenvalue weighted by Gasteiger charge is -2.26. The fraction of sp³-hybridized carbons (Fsp3) is 0.280. The minimum Gasteiger partial charge on any atom is -0.497 e. The molecule has 1 aliphatic rings. The van der Waals surface area contributed by atoms with Gasteiger partial charge in [-0.05, 0) is 30.2 Å². The zero-order valence-electron chi connectivity index (χ0n) is 18.6. The van der Waals surface area contributed by atoms with E-state index in [2.05, 4.69) is 5.32 Å². The number of fused-ring (bicyclic) bond motifs is 1. The third-order valence-electron chi connectivity index (χ3n) is 5.53. The van der Waals surface area contributed by atoms with Gasteiger partial charge < -0.3 is 24.6 Å². The summed E-state index contributed by atoms with van der Waals surface area (Å²) in [5, 5.41) is 12.9. The SMILES string of the molecule is CCCOc1c(OC)cccc1[C@H]1CC(=O)Nc2c1sc(C(=O)O)c2-c1ccc(OC)cc1. The number of carbonyl (C=O) groups excluding carboxylic acids is 1. The summed E-state index contributed by atoms with van der Waals surface area (Å²) in [7, 11) is 3.15. The number of carboxylic acid groups (broad SMARTS) is 1. The molecule has 0 bridgehead atoms. The van der Waals surface area contributed by atoms with E-state index in [-0.39, 0.29) is 23.1 Å². The smallest absolute Gasteiger partial charge is 0.346 e. The number of hydrogen-bond acceptors (Lipinski definition) is 6. The number of carbonyl (C=O) groups is 2. The van der Waals surface area contributed by atoms with Gasteiger partial charge >= 0.3 is 5.97 Å². The molecule has 7 nitrogen and oxygen atoms in total. The molecule has 1 amide bonds. The van der Waals surface area contributed by atoms with Crippen LogP contribution in [0.4, 0.5) is 5.69 Å². The predicted octanol–water partition coefficient (Wildman–Crippen LogP) is 5.39. The monoisotopic (exact) mass is 467 g/mol. The lowest BCUT2D eigenvalue weighted by molar-refractivity contribution is -0.116. The van der Waals surface area contributed by atoms with Crippen molar-refractivity contribution in [2.45, 2.75) is 25.7 Å². The Kier molecular flexibility index (Phi) is 6.55. The highest BCUT2D eigenvalue weighted by Gasteiger charge is 2.36. The Balaban J connectivity index is 1.90. The van der Waals surface area contributed by atoms with Crippen LogP contribution in [0, 0.1) is 0 Å². The van der Waals surface area contributed by atoms with E-state index < -0.39 is 5.97 Å². The Morgan fingerprint density at radius 2 is 1.91 bits per heavy atom. The van der Waals surface area contributed by atoms with Gasteiger partial charge in [-0.3, -0.25) is 4.79 Å². The average molecular weight is 468 g/mol. The topological polar surface area (TPSA) is 94.1 Å². The number of anilines is 1. The van der Waals surface area contributed by atoms with E-state index in [1.165, 1.54) is 11.3 Å². The molecular formula is C25H25NO6S. The largest absolute Gasteiger partial charge is 0.497 e. The maximum atomic E-state index is 12.8. The second-order valence-electron chi connectivity index (χ2n) is 7.61. The van der Waals surface area contributed by atoms with Crippen LogP contribution in [0.3, 0.4) is 0 Å². The first-order valence-electron chi connectivity index (χ1n) is 10.6. The molecule has 172 valence electrons. The van der Waals surface area contributed by atoms with Gasteiger partial charge in [0.2, 0.25) is 5.91 Å². The highest BCUT2D eigenvalue weighted by atomic mass is 32.1. The fourth-order valence-electron chi connectivity index (χ4n) is 4.05. The van der Waals surface area contributed by atoms with Gasteiger partial charge in [0.1, 0.15) is 10.6 Å². The normalized spacial score (nSPS) is 14.9. The second kappa shape index (κ2) is 9.54. The molecule has 0 saturated carbocycles. The summed E-state index contributed by atoms with van der Waals surface area (Å²) in [5.74, 6) is 0.256. The fourth-order valence-corrected chi connectivity index (χ4v) is 5.29. The van der Waals surface area contributed by atoms with E-state index in [4.69, 9.17) is 14.2 Å². The molecule has 4 rings (SSSR count). The first-order chi connectivity index (χ1) is 16.0. The maximum absolute atomic E-state index is 12.8. The van der Waals surface area contributed by atoms with Crippen LogP contribution in [0.2, 0.25) is 0 Å². The lowest BCUT2D eigenvalue weighted by atomic mass is 9.88. The van der Waals surface area contributed by atoms with Crippen LogP contribution in [0.15, 0.2) is 42.5 Å². The summed E-state index contributed by atoms with van der Waals surface area (Å²) in [6, 6.07) is 12.7. The van der Waals surface area contributed by atoms with Crippen LogP contribution >= 0.6 is 11.3 Å². The van der Waals surface area contributed by atoms with Crippen molar-refractivity contribution in [1.82, 2.24) is 0 Å². The molecule has 0 radical (unpaired) electrons. The summed E-state index contributed by atoms with van der Waals surface area (Å²) >= 11 is 1.18.